The van der Waals surface area contributed by atoms with E-state index in [1.807, 2.05) is 18.2 Å². The quantitative estimate of drug-likeness (QED) is 0.614. The summed E-state index contributed by atoms with van der Waals surface area (Å²) in [6.45, 7) is 0.517. The van der Waals surface area contributed by atoms with E-state index in [9.17, 15) is 4.79 Å². The van der Waals surface area contributed by atoms with Crippen molar-refractivity contribution >= 4 is 11.6 Å². The van der Waals surface area contributed by atoms with E-state index in [-0.39, 0.29) is 5.91 Å². The molecule has 1 aliphatic heterocycles. The Labute approximate surface area is 183 Å². The predicted molar refractivity (Wildman–Crippen MR) is 122 cm³/mol. The molecular weight excluding hydrogens is 382 g/mol. The third kappa shape index (κ3) is 3.21. The molecule has 31 heavy (non-hydrogen) atoms. The van der Waals surface area contributed by atoms with E-state index in [0.717, 1.165) is 23.0 Å². The molecule has 0 saturated heterocycles. The summed E-state index contributed by atoms with van der Waals surface area (Å²) in [4.78, 5) is 16.9. The molecule has 4 heteroatoms. The molecule has 1 aromatic heterocycles. The Morgan fingerprint density at radius 2 is 1.81 bits per heavy atom. The topological polar surface area (TPSA) is 54.0 Å². The Morgan fingerprint density at radius 1 is 1.00 bits per heavy atom. The van der Waals surface area contributed by atoms with E-state index in [4.69, 9.17) is 0 Å². The fraction of sp³-hybridized carbons (Fsp3) is 0.333. The predicted octanol–water partition coefficient (Wildman–Crippen LogP) is 5.31. The molecule has 2 heterocycles. The fourth-order valence-electron chi connectivity index (χ4n) is 6.40. The van der Waals surface area contributed by atoms with Gasteiger partial charge in [-0.1, -0.05) is 30.3 Å². The highest BCUT2D eigenvalue weighted by Crippen LogP contribution is 2.63. The average molecular weight is 410 g/mol. The molecule has 2 fully saturated rings. The van der Waals surface area contributed by atoms with Crippen LogP contribution >= 0.6 is 0 Å². The number of rotatable bonds is 4. The number of hydrogen-bond acceptors (Lipinski definition) is 3. The molecule has 3 aromatic rings. The van der Waals surface area contributed by atoms with Crippen molar-refractivity contribution in [2.75, 3.05) is 5.32 Å². The van der Waals surface area contributed by atoms with Crippen molar-refractivity contribution in [3.8, 4) is 0 Å². The highest BCUT2D eigenvalue weighted by atomic mass is 16.1. The fourth-order valence-corrected chi connectivity index (χ4v) is 6.40. The van der Waals surface area contributed by atoms with Gasteiger partial charge in [0, 0.05) is 30.2 Å². The van der Waals surface area contributed by atoms with Crippen molar-refractivity contribution in [2.45, 2.75) is 37.8 Å². The number of carbonyl (C=O) groups excluding carboxylic acids is 1. The van der Waals surface area contributed by atoms with Crippen LogP contribution in [0.4, 0.5) is 5.69 Å². The van der Waals surface area contributed by atoms with Crippen molar-refractivity contribution in [3.63, 3.8) is 0 Å². The lowest BCUT2D eigenvalue weighted by atomic mass is 9.68. The van der Waals surface area contributed by atoms with Crippen LogP contribution in [-0.4, -0.2) is 10.9 Å². The highest BCUT2D eigenvalue weighted by Gasteiger charge is 2.53. The van der Waals surface area contributed by atoms with Gasteiger partial charge in [0.15, 0.2) is 0 Å². The van der Waals surface area contributed by atoms with Gasteiger partial charge in [-0.3, -0.25) is 9.78 Å². The maximum absolute atomic E-state index is 12.9. The number of pyridine rings is 1. The van der Waals surface area contributed by atoms with Crippen LogP contribution in [0.3, 0.4) is 0 Å². The first-order valence-corrected chi connectivity index (χ1v) is 11.4. The lowest BCUT2D eigenvalue weighted by molar-refractivity contribution is 0.0950. The molecule has 5 atom stereocenters. The summed E-state index contributed by atoms with van der Waals surface area (Å²) in [5, 5.41) is 6.92. The van der Waals surface area contributed by atoms with E-state index in [1.165, 1.54) is 36.1 Å². The number of aromatic nitrogens is 1. The molecule has 1 amide bonds. The summed E-state index contributed by atoms with van der Waals surface area (Å²) >= 11 is 0. The van der Waals surface area contributed by atoms with Crippen molar-refractivity contribution in [2.24, 2.45) is 17.8 Å². The van der Waals surface area contributed by atoms with Crippen LogP contribution in [0.25, 0.3) is 0 Å². The number of carbonyl (C=O) groups is 1. The molecule has 4 nitrogen and oxygen atoms in total. The third-order valence-corrected chi connectivity index (χ3v) is 7.71. The zero-order valence-electron chi connectivity index (χ0n) is 17.5. The van der Waals surface area contributed by atoms with E-state index >= 15 is 0 Å². The van der Waals surface area contributed by atoms with Gasteiger partial charge in [-0.15, -0.1) is 0 Å². The van der Waals surface area contributed by atoms with Crippen LogP contribution in [-0.2, 0) is 6.54 Å². The summed E-state index contributed by atoms with van der Waals surface area (Å²) in [6, 6.07) is 21.4. The van der Waals surface area contributed by atoms with Crippen molar-refractivity contribution < 1.29 is 4.79 Å². The molecule has 6 rings (SSSR count). The summed E-state index contributed by atoms with van der Waals surface area (Å²) in [7, 11) is 0. The van der Waals surface area contributed by atoms with Crippen molar-refractivity contribution in [1.29, 1.82) is 0 Å². The molecule has 2 aliphatic carbocycles. The molecule has 2 aromatic carbocycles. The van der Waals surface area contributed by atoms with Gasteiger partial charge >= 0.3 is 0 Å². The lowest BCUT2D eigenvalue weighted by Gasteiger charge is -2.43. The Hall–Kier alpha value is -3.14. The number of fused-ring (bicyclic) bond motifs is 7. The number of amides is 1. The van der Waals surface area contributed by atoms with Gasteiger partial charge in [-0.2, -0.15) is 0 Å². The summed E-state index contributed by atoms with van der Waals surface area (Å²) in [5.41, 5.74) is 5.75. The minimum absolute atomic E-state index is 0.00972. The Morgan fingerprint density at radius 3 is 2.65 bits per heavy atom. The zero-order chi connectivity index (χ0) is 20.8. The number of hydrogen-bond donors (Lipinski definition) is 2. The first-order valence-electron chi connectivity index (χ1n) is 11.4. The second-order valence-electron chi connectivity index (χ2n) is 9.31. The molecule has 0 unspecified atom stereocenters. The van der Waals surface area contributed by atoms with Gasteiger partial charge < -0.3 is 10.6 Å². The van der Waals surface area contributed by atoms with Crippen LogP contribution in [0.2, 0.25) is 0 Å². The number of anilines is 1. The smallest absolute Gasteiger partial charge is 0.251 e. The van der Waals surface area contributed by atoms with Gasteiger partial charge in [0.2, 0.25) is 0 Å². The summed E-state index contributed by atoms with van der Waals surface area (Å²) in [5.74, 6) is 2.68. The van der Waals surface area contributed by atoms with Gasteiger partial charge in [0.25, 0.3) is 5.91 Å². The molecule has 2 saturated carbocycles. The second kappa shape index (κ2) is 7.52. The lowest BCUT2D eigenvalue weighted by Crippen LogP contribution is -2.35. The normalized spacial score (nSPS) is 27.8. The second-order valence-corrected chi connectivity index (χ2v) is 9.31. The standard InChI is InChI=1S/C27H27N3O/c31-27(29-16-17-10-12-28-13-11-17)21-8-9-23-22(15-21)24-19-6-7-20(14-19)25(24)26(30-23)18-4-2-1-3-5-18/h1-5,8-13,15,19-20,24-26,30H,6-7,14,16H2,(H,29,31)/t19-,20+,24+,25-,26-/m0/s1. The molecule has 0 radical (unpaired) electrons. The molecule has 156 valence electrons. The van der Waals surface area contributed by atoms with Gasteiger partial charge in [-0.05, 0) is 90.0 Å². The number of benzene rings is 2. The Balaban J connectivity index is 1.30. The van der Waals surface area contributed by atoms with E-state index < -0.39 is 0 Å². The summed E-state index contributed by atoms with van der Waals surface area (Å²) in [6.07, 6.45) is 7.51. The van der Waals surface area contributed by atoms with E-state index in [1.54, 1.807) is 12.4 Å². The minimum atomic E-state index is -0.00972. The van der Waals surface area contributed by atoms with E-state index in [2.05, 4.69) is 58.1 Å². The van der Waals surface area contributed by atoms with Gasteiger partial charge in [-0.25, -0.2) is 0 Å². The average Bonchev–Trinajstić information content (AvgIpc) is 3.46. The molecule has 0 spiro atoms. The maximum atomic E-state index is 12.9. The van der Waals surface area contributed by atoms with Crippen molar-refractivity contribution in [1.82, 2.24) is 10.3 Å². The zero-order valence-corrected chi connectivity index (χ0v) is 17.5. The Bertz CT molecular complexity index is 1100. The highest BCUT2D eigenvalue weighted by molar-refractivity contribution is 5.95. The van der Waals surface area contributed by atoms with Crippen molar-refractivity contribution in [3.05, 3.63) is 95.3 Å². The molecule has 3 aliphatic rings. The first-order chi connectivity index (χ1) is 15.3. The largest absolute Gasteiger partial charge is 0.378 e. The molecular formula is C27H27N3O. The molecule has 2 bridgehead atoms. The van der Waals surface area contributed by atoms with Gasteiger partial charge in [0.05, 0.1) is 6.04 Å². The molecule has 2 N–H and O–H groups in total. The van der Waals surface area contributed by atoms with Gasteiger partial charge in [0.1, 0.15) is 0 Å². The number of nitrogens with one attached hydrogen (secondary N) is 2. The monoisotopic (exact) mass is 409 g/mol. The first kappa shape index (κ1) is 18.6. The SMILES string of the molecule is O=C(NCc1ccncc1)c1ccc2c(c1)[C@H]1[C@H]3CC[C@H](C3)[C@@H]1[C@H](c1ccccc1)N2. The van der Waals surface area contributed by atoms with Crippen LogP contribution in [0, 0.1) is 17.8 Å². The maximum Gasteiger partial charge on any atom is 0.251 e. The van der Waals surface area contributed by atoms with Crippen LogP contribution in [0.5, 0.6) is 0 Å². The third-order valence-electron chi connectivity index (χ3n) is 7.71. The van der Waals surface area contributed by atoms with Crippen LogP contribution < -0.4 is 10.6 Å². The van der Waals surface area contributed by atoms with E-state index in [0.29, 0.717) is 24.4 Å². The number of nitrogens with zero attached hydrogens (tertiary/aromatic N) is 1. The minimum Gasteiger partial charge on any atom is -0.378 e. The Kier molecular flexibility index (Phi) is 4.52. The van der Waals surface area contributed by atoms with Crippen LogP contribution in [0.1, 0.15) is 58.3 Å². The van der Waals surface area contributed by atoms with Crippen LogP contribution in [0.15, 0.2) is 73.1 Å². The summed E-state index contributed by atoms with van der Waals surface area (Å²) < 4.78 is 0.